The maximum absolute atomic E-state index is 11.6. The van der Waals surface area contributed by atoms with Crippen molar-refractivity contribution in [1.82, 2.24) is 9.80 Å². The maximum Gasteiger partial charge on any atom is 0.237 e. The van der Waals surface area contributed by atoms with Crippen LogP contribution in [0.15, 0.2) is 0 Å². The van der Waals surface area contributed by atoms with E-state index in [0.29, 0.717) is 6.54 Å². The molecule has 88 valence electrons. The van der Waals surface area contributed by atoms with Crippen LogP contribution >= 0.6 is 11.6 Å². The van der Waals surface area contributed by atoms with Crippen molar-refractivity contribution in [1.29, 1.82) is 0 Å². The van der Waals surface area contributed by atoms with Crippen LogP contribution in [0.2, 0.25) is 0 Å². The zero-order chi connectivity index (χ0) is 11.3. The van der Waals surface area contributed by atoms with Crippen LogP contribution in [0.3, 0.4) is 0 Å². The predicted molar refractivity (Wildman–Crippen MR) is 60.0 cm³/mol. The molecule has 4 nitrogen and oxygen atoms in total. The van der Waals surface area contributed by atoms with Gasteiger partial charge in [0, 0.05) is 12.6 Å². The molecular weight excluding hydrogens is 216 g/mol. The van der Waals surface area contributed by atoms with Crippen molar-refractivity contribution >= 4 is 17.5 Å². The van der Waals surface area contributed by atoms with Gasteiger partial charge in [-0.1, -0.05) is 0 Å². The lowest BCUT2D eigenvalue weighted by Crippen LogP contribution is -2.48. The number of carbonyl (C=O) groups is 1. The van der Waals surface area contributed by atoms with Gasteiger partial charge in [-0.2, -0.15) is 0 Å². The molecule has 1 heterocycles. The van der Waals surface area contributed by atoms with E-state index in [1.54, 1.807) is 4.90 Å². The Hall–Kier alpha value is -0.320. The van der Waals surface area contributed by atoms with Crippen LogP contribution in [-0.2, 0) is 4.79 Å². The first-order chi connectivity index (χ1) is 7.19. The fourth-order valence-corrected chi connectivity index (χ4v) is 2.16. The van der Waals surface area contributed by atoms with Gasteiger partial charge >= 0.3 is 0 Å². The molecule has 1 aliphatic rings. The number of amides is 1. The van der Waals surface area contributed by atoms with Crippen molar-refractivity contribution in [2.45, 2.75) is 18.9 Å². The number of alkyl halides is 1. The molecule has 0 aromatic carbocycles. The summed E-state index contributed by atoms with van der Waals surface area (Å²) in [6.45, 7) is 2.42. The van der Waals surface area contributed by atoms with E-state index in [-0.39, 0.29) is 24.4 Å². The van der Waals surface area contributed by atoms with Crippen molar-refractivity contribution in [2.75, 3.05) is 39.2 Å². The Morgan fingerprint density at radius 1 is 1.53 bits per heavy atom. The van der Waals surface area contributed by atoms with Crippen molar-refractivity contribution in [3.05, 3.63) is 0 Å². The Balaban J connectivity index is 2.51. The van der Waals surface area contributed by atoms with E-state index in [9.17, 15) is 4.79 Å². The molecule has 0 atom stereocenters. The second-order valence-electron chi connectivity index (χ2n) is 3.98. The van der Waals surface area contributed by atoms with Gasteiger partial charge in [-0.25, -0.2) is 0 Å². The molecule has 0 unspecified atom stereocenters. The maximum atomic E-state index is 11.6. The predicted octanol–water partition coefficient (Wildman–Crippen LogP) is 0.140. The third kappa shape index (κ3) is 3.63. The summed E-state index contributed by atoms with van der Waals surface area (Å²) in [6.07, 6.45) is 1.94. The first-order valence-electron chi connectivity index (χ1n) is 5.34. The number of halogens is 1. The van der Waals surface area contributed by atoms with Crippen LogP contribution < -0.4 is 0 Å². The molecule has 5 heteroatoms. The molecule has 0 spiro atoms. The first-order valence-corrected chi connectivity index (χ1v) is 5.87. The number of piperidine rings is 1. The van der Waals surface area contributed by atoms with Gasteiger partial charge in [-0.3, -0.25) is 4.79 Å². The van der Waals surface area contributed by atoms with Gasteiger partial charge < -0.3 is 14.9 Å². The highest BCUT2D eigenvalue weighted by Gasteiger charge is 2.25. The number of carbonyl (C=O) groups excluding carboxylic acids is 1. The molecule has 0 aromatic heterocycles. The quantitative estimate of drug-likeness (QED) is 0.704. The summed E-state index contributed by atoms with van der Waals surface area (Å²) in [5, 5.41) is 8.92. The molecule has 1 fully saturated rings. The minimum atomic E-state index is -0.0692. The van der Waals surface area contributed by atoms with E-state index in [1.165, 1.54) is 0 Å². The van der Waals surface area contributed by atoms with E-state index in [1.807, 2.05) is 0 Å². The van der Waals surface area contributed by atoms with Gasteiger partial charge in [0.1, 0.15) is 5.88 Å². The molecule has 0 aliphatic carbocycles. The van der Waals surface area contributed by atoms with Crippen molar-refractivity contribution in [2.24, 2.45) is 0 Å². The highest BCUT2D eigenvalue weighted by molar-refractivity contribution is 6.27. The van der Waals surface area contributed by atoms with Gasteiger partial charge in [-0.05, 0) is 33.0 Å². The molecule has 0 bridgehead atoms. The van der Waals surface area contributed by atoms with Crippen LogP contribution in [0.25, 0.3) is 0 Å². The van der Waals surface area contributed by atoms with E-state index in [0.717, 1.165) is 25.9 Å². The normalized spacial score (nSPS) is 19.1. The summed E-state index contributed by atoms with van der Waals surface area (Å²) in [7, 11) is 2.08. The Morgan fingerprint density at radius 2 is 2.13 bits per heavy atom. The van der Waals surface area contributed by atoms with Crippen LogP contribution in [0, 0.1) is 0 Å². The lowest BCUT2D eigenvalue weighted by Gasteiger charge is -2.36. The van der Waals surface area contributed by atoms with E-state index >= 15 is 0 Å². The molecule has 0 saturated carbocycles. The van der Waals surface area contributed by atoms with Gasteiger partial charge in [0.2, 0.25) is 5.91 Å². The smallest absolute Gasteiger partial charge is 0.237 e. The average Bonchev–Trinajstić information content (AvgIpc) is 2.26. The molecule has 1 rings (SSSR count). The Morgan fingerprint density at radius 3 is 2.60 bits per heavy atom. The van der Waals surface area contributed by atoms with Crippen LogP contribution in [0.4, 0.5) is 0 Å². The Labute approximate surface area is 95.8 Å². The van der Waals surface area contributed by atoms with Crippen molar-refractivity contribution < 1.29 is 9.90 Å². The highest BCUT2D eigenvalue weighted by atomic mass is 35.5. The number of aliphatic hydroxyl groups is 1. The second-order valence-corrected chi connectivity index (χ2v) is 4.25. The second kappa shape index (κ2) is 6.30. The SMILES string of the molecule is CN1CCC(N(CCO)C(=O)CCl)CC1. The van der Waals surface area contributed by atoms with Gasteiger partial charge in [0.05, 0.1) is 6.61 Å². The van der Waals surface area contributed by atoms with Crippen molar-refractivity contribution in [3.63, 3.8) is 0 Å². The summed E-state index contributed by atoms with van der Waals surface area (Å²) in [5.41, 5.74) is 0. The molecule has 0 aromatic rings. The monoisotopic (exact) mass is 234 g/mol. The summed E-state index contributed by atoms with van der Waals surface area (Å²) in [6, 6.07) is 0.250. The average molecular weight is 235 g/mol. The lowest BCUT2D eigenvalue weighted by molar-refractivity contribution is -0.132. The van der Waals surface area contributed by atoms with E-state index in [4.69, 9.17) is 16.7 Å². The largest absolute Gasteiger partial charge is 0.395 e. The molecule has 0 radical (unpaired) electrons. The molecule has 1 amide bonds. The molecular formula is C10H19ClN2O2. The third-order valence-electron chi connectivity index (χ3n) is 2.90. The fourth-order valence-electron chi connectivity index (χ4n) is 2.00. The van der Waals surface area contributed by atoms with Gasteiger partial charge in [-0.15, -0.1) is 11.6 Å². The lowest BCUT2D eigenvalue weighted by atomic mass is 10.0. The summed E-state index contributed by atoms with van der Waals surface area (Å²) in [4.78, 5) is 15.5. The number of likely N-dealkylation sites (tertiary alicyclic amines) is 1. The van der Waals surface area contributed by atoms with E-state index < -0.39 is 0 Å². The third-order valence-corrected chi connectivity index (χ3v) is 3.13. The van der Waals surface area contributed by atoms with Gasteiger partial charge in [0.25, 0.3) is 0 Å². The Kier molecular flexibility index (Phi) is 5.36. The molecule has 1 saturated heterocycles. The number of nitrogens with zero attached hydrogens (tertiary/aromatic N) is 2. The first kappa shape index (κ1) is 12.7. The minimum Gasteiger partial charge on any atom is -0.395 e. The summed E-state index contributed by atoms with van der Waals surface area (Å²) >= 11 is 5.55. The standard InChI is InChI=1S/C10H19ClN2O2/c1-12-4-2-9(3-5-12)13(6-7-14)10(15)8-11/h9,14H,2-8H2,1H3. The summed E-state index contributed by atoms with van der Waals surface area (Å²) in [5.74, 6) is -0.0629. The van der Waals surface area contributed by atoms with Gasteiger partial charge in [0.15, 0.2) is 0 Å². The zero-order valence-electron chi connectivity index (χ0n) is 9.15. The number of rotatable bonds is 4. The topological polar surface area (TPSA) is 43.8 Å². The summed E-state index contributed by atoms with van der Waals surface area (Å²) < 4.78 is 0. The van der Waals surface area contributed by atoms with Crippen LogP contribution in [-0.4, -0.2) is 66.0 Å². The van der Waals surface area contributed by atoms with Crippen LogP contribution in [0.5, 0.6) is 0 Å². The van der Waals surface area contributed by atoms with Crippen LogP contribution in [0.1, 0.15) is 12.8 Å². The number of hydrogen-bond acceptors (Lipinski definition) is 3. The molecule has 15 heavy (non-hydrogen) atoms. The van der Waals surface area contributed by atoms with Crippen molar-refractivity contribution in [3.8, 4) is 0 Å². The fraction of sp³-hybridized carbons (Fsp3) is 0.900. The molecule has 1 aliphatic heterocycles. The zero-order valence-corrected chi connectivity index (χ0v) is 9.91. The minimum absolute atomic E-state index is 0.00629. The highest BCUT2D eigenvalue weighted by Crippen LogP contribution is 2.15. The number of aliphatic hydroxyl groups excluding tert-OH is 1. The molecule has 1 N–H and O–H groups in total. The van der Waals surface area contributed by atoms with E-state index in [2.05, 4.69) is 11.9 Å². The Bertz CT molecular complexity index is 206. The number of hydrogen-bond donors (Lipinski definition) is 1.